The zero-order valence-electron chi connectivity index (χ0n) is 11.0. The molecule has 0 bridgehead atoms. The molecule has 5 nitrogen and oxygen atoms in total. The molecule has 1 saturated heterocycles. The average Bonchev–Trinajstić information content (AvgIpc) is 2.39. The highest BCUT2D eigenvalue weighted by Gasteiger charge is 2.39. The minimum absolute atomic E-state index is 0.195. The van der Waals surface area contributed by atoms with Crippen LogP contribution in [0.2, 0.25) is 0 Å². The van der Waals surface area contributed by atoms with Crippen LogP contribution in [-0.4, -0.2) is 26.1 Å². The Hall–Kier alpha value is -0.350. The van der Waals surface area contributed by atoms with Gasteiger partial charge in [-0.1, -0.05) is 0 Å². The number of fused-ring (bicyclic) bond motifs is 1. The van der Waals surface area contributed by atoms with E-state index in [1.165, 1.54) is 6.26 Å². The first-order valence-electron chi connectivity index (χ1n) is 6.55. The van der Waals surface area contributed by atoms with Gasteiger partial charge in [0.1, 0.15) is 0 Å². The molecule has 1 fully saturated rings. The Balaban J connectivity index is 2.11. The molecule has 0 spiro atoms. The molecule has 2 atom stereocenters. The van der Waals surface area contributed by atoms with E-state index in [1.807, 2.05) is 13.8 Å². The summed E-state index contributed by atoms with van der Waals surface area (Å²) in [5, 5.41) is 0.637. The third-order valence-electron chi connectivity index (χ3n) is 3.15. The van der Waals surface area contributed by atoms with Gasteiger partial charge in [0.25, 0.3) is 0 Å². The van der Waals surface area contributed by atoms with Gasteiger partial charge < -0.3 is 18.5 Å². The standard InChI is InChI=1S/C12H21O5P/c1-3-16-18(13,17-4-2)11-8-10-6-5-7-14-12(10)15-9-11/h9-10,12H,3-8H2,1-2H3. The molecular formula is C12H21O5P. The van der Waals surface area contributed by atoms with Gasteiger partial charge in [-0.15, -0.1) is 0 Å². The number of hydrogen-bond donors (Lipinski definition) is 0. The summed E-state index contributed by atoms with van der Waals surface area (Å²) in [6.07, 6.45) is 4.03. The molecule has 0 radical (unpaired) electrons. The van der Waals surface area contributed by atoms with E-state index in [2.05, 4.69) is 0 Å². The molecular weight excluding hydrogens is 255 g/mol. The van der Waals surface area contributed by atoms with Crippen LogP contribution in [0.25, 0.3) is 0 Å². The molecule has 2 aliphatic rings. The lowest BCUT2D eigenvalue weighted by Gasteiger charge is -2.35. The van der Waals surface area contributed by atoms with Gasteiger partial charge in [-0.2, -0.15) is 0 Å². The summed E-state index contributed by atoms with van der Waals surface area (Å²) in [6.45, 7) is 5.07. The molecule has 104 valence electrons. The van der Waals surface area contributed by atoms with Crippen molar-refractivity contribution >= 4 is 7.60 Å². The van der Waals surface area contributed by atoms with E-state index in [4.69, 9.17) is 18.5 Å². The Bertz CT molecular complexity index is 344. The highest BCUT2D eigenvalue weighted by atomic mass is 31.2. The summed E-state index contributed by atoms with van der Waals surface area (Å²) in [5.74, 6) is 0.257. The zero-order chi connectivity index (χ0) is 13.0. The molecule has 2 unspecified atom stereocenters. The van der Waals surface area contributed by atoms with Gasteiger partial charge in [-0.25, -0.2) is 0 Å². The number of allylic oxidation sites excluding steroid dienone is 1. The van der Waals surface area contributed by atoms with Crippen LogP contribution in [0.1, 0.15) is 33.1 Å². The fourth-order valence-electron chi connectivity index (χ4n) is 2.35. The molecule has 0 amide bonds. The second-order valence-corrected chi connectivity index (χ2v) is 6.51. The van der Waals surface area contributed by atoms with Gasteiger partial charge in [-0.3, -0.25) is 4.57 Å². The predicted molar refractivity (Wildman–Crippen MR) is 67.1 cm³/mol. The molecule has 6 heteroatoms. The van der Waals surface area contributed by atoms with E-state index in [1.54, 1.807) is 0 Å². The molecule has 2 aliphatic heterocycles. The fraction of sp³-hybridized carbons (Fsp3) is 0.833. The van der Waals surface area contributed by atoms with Crippen molar-refractivity contribution in [2.24, 2.45) is 5.92 Å². The van der Waals surface area contributed by atoms with Gasteiger partial charge >= 0.3 is 7.60 Å². The van der Waals surface area contributed by atoms with Crippen molar-refractivity contribution in [2.75, 3.05) is 19.8 Å². The minimum atomic E-state index is -3.18. The summed E-state index contributed by atoms with van der Waals surface area (Å²) < 4.78 is 34.3. The largest absolute Gasteiger partial charge is 0.472 e. The third-order valence-corrected chi connectivity index (χ3v) is 5.33. The summed E-state index contributed by atoms with van der Waals surface area (Å²) >= 11 is 0. The molecule has 0 N–H and O–H groups in total. The molecule has 2 heterocycles. The van der Waals surface area contributed by atoms with Gasteiger partial charge in [0.2, 0.25) is 6.29 Å². The Labute approximate surface area is 108 Å². The molecule has 0 aliphatic carbocycles. The summed E-state index contributed by atoms with van der Waals surface area (Å²) in [4.78, 5) is 0. The summed E-state index contributed by atoms with van der Waals surface area (Å²) in [7, 11) is -3.18. The molecule has 0 aromatic heterocycles. The van der Waals surface area contributed by atoms with Crippen molar-refractivity contribution in [1.29, 1.82) is 0 Å². The van der Waals surface area contributed by atoms with E-state index in [0.29, 0.717) is 24.9 Å². The van der Waals surface area contributed by atoms with E-state index in [9.17, 15) is 4.57 Å². The van der Waals surface area contributed by atoms with E-state index in [0.717, 1.165) is 19.4 Å². The summed E-state index contributed by atoms with van der Waals surface area (Å²) in [5.41, 5.74) is 0. The van der Waals surface area contributed by atoms with Crippen LogP contribution in [0.15, 0.2) is 11.6 Å². The smallest absolute Gasteiger partial charge is 0.360 e. The van der Waals surface area contributed by atoms with Gasteiger partial charge in [0.15, 0.2) is 0 Å². The highest BCUT2D eigenvalue weighted by Crippen LogP contribution is 2.59. The van der Waals surface area contributed by atoms with E-state index < -0.39 is 7.60 Å². The van der Waals surface area contributed by atoms with Crippen molar-refractivity contribution in [3.8, 4) is 0 Å². The monoisotopic (exact) mass is 276 g/mol. The van der Waals surface area contributed by atoms with Crippen LogP contribution < -0.4 is 0 Å². The Morgan fingerprint density at radius 3 is 2.78 bits per heavy atom. The van der Waals surface area contributed by atoms with Crippen molar-refractivity contribution in [3.05, 3.63) is 11.6 Å². The zero-order valence-corrected chi connectivity index (χ0v) is 11.9. The minimum Gasteiger partial charge on any atom is -0.472 e. The fourth-order valence-corrected chi connectivity index (χ4v) is 4.08. The molecule has 0 aromatic rings. The number of ether oxygens (including phenoxy) is 2. The molecule has 2 rings (SSSR count). The van der Waals surface area contributed by atoms with Crippen LogP contribution in [0.4, 0.5) is 0 Å². The lowest BCUT2D eigenvalue weighted by molar-refractivity contribution is -0.169. The summed E-state index contributed by atoms with van der Waals surface area (Å²) in [6, 6.07) is 0. The average molecular weight is 276 g/mol. The van der Waals surface area contributed by atoms with Crippen LogP contribution in [0.5, 0.6) is 0 Å². The number of hydrogen-bond acceptors (Lipinski definition) is 5. The Kier molecular flexibility index (Phi) is 4.84. The van der Waals surface area contributed by atoms with Crippen molar-refractivity contribution in [3.63, 3.8) is 0 Å². The second kappa shape index (κ2) is 6.20. The quantitative estimate of drug-likeness (QED) is 0.721. The van der Waals surface area contributed by atoms with Gasteiger partial charge in [0, 0.05) is 5.92 Å². The van der Waals surface area contributed by atoms with Crippen LogP contribution >= 0.6 is 7.60 Å². The first-order chi connectivity index (χ1) is 8.69. The van der Waals surface area contributed by atoms with Crippen molar-refractivity contribution in [2.45, 2.75) is 39.4 Å². The predicted octanol–water partition coefficient (Wildman–Crippen LogP) is 3.27. The molecule has 0 saturated carbocycles. The van der Waals surface area contributed by atoms with Crippen LogP contribution in [0.3, 0.4) is 0 Å². The second-order valence-electron chi connectivity index (χ2n) is 4.42. The Morgan fingerprint density at radius 1 is 1.39 bits per heavy atom. The topological polar surface area (TPSA) is 54.0 Å². The normalized spacial score (nSPS) is 28.2. The first-order valence-corrected chi connectivity index (χ1v) is 8.09. The van der Waals surface area contributed by atoms with E-state index in [-0.39, 0.29) is 12.2 Å². The maximum Gasteiger partial charge on any atom is 0.360 e. The maximum atomic E-state index is 12.6. The van der Waals surface area contributed by atoms with Crippen LogP contribution in [-0.2, 0) is 23.1 Å². The lowest BCUT2D eigenvalue weighted by Crippen LogP contribution is -2.33. The van der Waals surface area contributed by atoms with Crippen molar-refractivity contribution in [1.82, 2.24) is 0 Å². The highest BCUT2D eigenvalue weighted by molar-refractivity contribution is 7.58. The SMILES string of the molecule is CCOP(=O)(OCC)C1=COC2OCCCC2C1. The van der Waals surface area contributed by atoms with Gasteiger partial charge in [0.05, 0.1) is 31.4 Å². The van der Waals surface area contributed by atoms with Gasteiger partial charge in [-0.05, 0) is 33.1 Å². The lowest BCUT2D eigenvalue weighted by atomic mass is 9.95. The molecule has 0 aromatic carbocycles. The Morgan fingerprint density at radius 2 is 2.11 bits per heavy atom. The number of rotatable bonds is 5. The third kappa shape index (κ3) is 2.97. The van der Waals surface area contributed by atoms with Crippen molar-refractivity contribution < 1.29 is 23.1 Å². The molecule has 18 heavy (non-hydrogen) atoms. The van der Waals surface area contributed by atoms with E-state index >= 15 is 0 Å². The maximum absolute atomic E-state index is 12.6. The first kappa shape index (κ1) is 14.1. The van der Waals surface area contributed by atoms with Crippen LogP contribution in [0, 0.1) is 5.92 Å².